The number of H-pyrrole nitrogens is 1. The summed E-state index contributed by atoms with van der Waals surface area (Å²) in [5.74, 6) is -0.830. The quantitative estimate of drug-likeness (QED) is 0.406. The van der Waals surface area contributed by atoms with Gasteiger partial charge in [0.15, 0.2) is 29.0 Å². The van der Waals surface area contributed by atoms with Crippen LogP contribution in [-0.4, -0.2) is 40.8 Å². The van der Waals surface area contributed by atoms with Crippen LogP contribution >= 0.6 is 0 Å². The highest BCUT2D eigenvalue weighted by molar-refractivity contribution is 6.02. The number of rotatable bonds is 7. The molecule has 1 amide bonds. The van der Waals surface area contributed by atoms with Crippen molar-refractivity contribution in [2.75, 3.05) is 19.5 Å². The summed E-state index contributed by atoms with van der Waals surface area (Å²) >= 11 is 0. The van der Waals surface area contributed by atoms with Gasteiger partial charge in [-0.15, -0.1) is 5.10 Å². The smallest absolute Gasteiger partial charge is 0.235 e. The van der Waals surface area contributed by atoms with Crippen molar-refractivity contribution < 1.29 is 23.0 Å². The van der Waals surface area contributed by atoms with Crippen LogP contribution in [0.1, 0.15) is 18.4 Å². The summed E-state index contributed by atoms with van der Waals surface area (Å²) in [5.41, 5.74) is 1.65. The third-order valence-electron chi connectivity index (χ3n) is 6.22. The molecular weight excluding hydrogens is 456 g/mol. The van der Waals surface area contributed by atoms with Gasteiger partial charge in [0.1, 0.15) is 0 Å². The van der Waals surface area contributed by atoms with Gasteiger partial charge in [0.05, 0.1) is 19.6 Å². The van der Waals surface area contributed by atoms with Gasteiger partial charge < -0.3 is 14.8 Å². The van der Waals surface area contributed by atoms with Crippen molar-refractivity contribution in [3.63, 3.8) is 0 Å². The number of ether oxygens (including phenoxy) is 2. The van der Waals surface area contributed by atoms with E-state index in [9.17, 15) is 13.6 Å². The van der Waals surface area contributed by atoms with Crippen LogP contribution in [0, 0.1) is 11.6 Å². The maximum Gasteiger partial charge on any atom is 0.235 e. The Balaban J connectivity index is 1.51. The molecule has 0 saturated heterocycles. The number of hydrogen-bond acceptors (Lipinski definition) is 6. The van der Waals surface area contributed by atoms with Crippen molar-refractivity contribution in [2.45, 2.75) is 18.3 Å². The van der Waals surface area contributed by atoms with Crippen molar-refractivity contribution in [1.29, 1.82) is 0 Å². The van der Waals surface area contributed by atoms with Crippen molar-refractivity contribution in [3.8, 4) is 34.0 Å². The molecule has 1 aliphatic carbocycles. The molecule has 1 saturated carbocycles. The standard InChI is InChI=1S/C25H21F2N5O3/c1-34-20-9-6-14(12-21(20)35-2)16-8-7-15(13-17(16)23-29-31-32-30-23)28-24(33)25(10-11-25)18-4-3-5-19(26)22(18)27/h3-9,12-13H,10-11H2,1-2H3,(H,28,33)(H,29,30,31,32). The minimum absolute atomic E-state index is 0.0663. The zero-order valence-corrected chi connectivity index (χ0v) is 18.9. The number of methoxy groups -OCH3 is 2. The Labute approximate surface area is 199 Å². The number of tetrazole rings is 1. The molecule has 0 atom stereocenters. The van der Waals surface area contributed by atoms with Crippen molar-refractivity contribution >= 4 is 11.6 Å². The summed E-state index contributed by atoms with van der Waals surface area (Å²) < 4.78 is 39.0. The first-order valence-corrected chi connectivity index (χ1v) is 10.8. The molecule has 2 N–H and O–H groups in total. The van der Waals surface area contributed by atoms with Crippen LogP contribution in [-0.2, 0) is 10.2 Å². The van der Waals surface area contributed by atoms with Gasteiger partial charge in [-0.2, -0.15) is 0 Å². The molecule has 3 aromatic carbocycles. The monoisotopic (exact) mass is 477 g/mol. The van der Waals surface area contributed by atoms with E-state index >= 15 is 0 Å². The Kier molecular flexibility index (Phi) is 5.64. The van der Waals surface area contributed by atoms with E-state index < -0.39 is 23.0 Å². The first-order valence-electron chi connectivity index (χ1n) is 10.8. The molecule has 1 heterocycles. The van der Waals surface area contributed by atoms with E-state index in [1.54, 1.807) is 32.4 Å². The zero-order chi connectivity index (χ0) is 24.6. The van der Waals surface area contributed by atoms with E-state index in [1.165, 1.54) is 12.1 Å². The molecule has 0 bridgehead atoms. The Morgan fingerprint density at radius 1 is 1.00 bits per heavy atom. The Morgan fingerprint density at radius 2 is 1.80 bits per heavy atom. The van der Waals surface area contributed by atoms with Gasteiger partial charge in [-0.25, -0.2) is 13.9 Å². The molecule has 1 aliphatic rings. The summed E-state index contributed by atoms with van der Waals surface area (Å²) in [6.45, 7) is 0. The van der Waals surface area contributed by atoms with Crippen LogP contribution in [0.4, 0.5) is 14.5 Å². The topological polar surface area (TPSA) is 102 Å². The van der Waals surface area contributed by atoms with E-state index in [0.29, 0.717) is 41.4 Å². The first kappa shape index (κ1) is 22.5. The second-order valence-electron chi connectivity index (χ2n) is 8.22. The Morgan fingerprint density at radius 3 is 2.49 bits per heavy atom. The van der Waals surface area contributed by atoms with Crippen LogP contribution < -0.4 is 14.8 Å². The Bertz CT molecular complexity index is 1400. The van der Waals surface area contributed by atoms with Crippen LogP contribution in [0.5, 0.6) is 11.5 Å². The van der Waals surface area contributed by atoms with E-state index in [1.807, 2.05) is 18.2 Å². The van der Waals surface area contributed by atoms with Gasteiger partial charge in [-0.3, -0.25) is 4.79 Å². The molecule has 0 radical (unpaired) electrons. The number of amides is 1. The molecule has 8 nitrogen and oxygen atoms in total. The van der Waals surface area contributed by atoms with Crippen LogP contribution in [0.3, 0.4) is 0 Å². The number of anilines is 1. The molecular formula is C25H21F2N5O3. The molecule has 35 heavy (non-hydrogen) atoms. The molecule has 1 fully saturated rings. The minimum atomic E-state index is -1.10. The number of nitrogens with zero attached hydrogens (tertiary/aromatic N) is 3. The predicted octanol–water partition coefficient (Wildman–Crippen LogP) is 4.50. The zero-order valence-electron chi connectivity index (χ0n) is 18.9. The summed E-state index contributed by atoms with van der Waals surface area (Å²) in [7, 11) is 3.11. The van der Waals surface area contributed by atoms with E-state index in [-0.39, 0.29) is 5.56 Å². The Hall–Kier alpha value is -4.34. The average Bonchev–Trinajstić information content (AvgIpc) is 3.50. The van der Waals surface area contributed by atoms with Crippen molar-refractivity contribution in [3.05, 3.63) is 71.8 Å². The first-order chi connectivity index (χ1) is 17.0. The van der Waals surface area contributed by atoms with Gasteiger partial charge in [0.25, 0.3) is 0 Å². The molecule has 5 rings (SSSR count). The predicted molar refractivity (Wildman–Crippen MR) is 124 cm³/mol. The van der Waals surface area contributed by atoms with Gasteiger partial charge >= 0.3 is 0 Å². The third kappa shape index (κ3) is 3.96. The van der Waals surface area contributed by atoms with E-state index in [0.717, 1.165) is 17.2 Å². The maximum atomic E-state index is 14.4. The fraction of sp³-hybridized carbons (Fsp3) is 0.200. The highest BCUT2D eigenvalue weighted by atomic mass is 19.2. The largest absolute Gasteiger partial charge is 0.493 e. The van der Waals surface area contributed by atoms with Crippen LogP contribution in [0.2, 0.25) is 0 Å². The third-order valence-corrected chi connectivity index (χ3v) is 6.22. The van der Waals surface area contributed by atoms with Crippen LogP contribution in [0.25, 0.3) is 22.5 Å². The summed E-state index contributed by atoms with van der Waals surface area (Å²) in [4.78, 5) is 13.2. The highest BCUT2D eigenvalue weighted by Crippen LogP contribution is 2.50. The SMILES string of the molecule is COc1ccc(-c2ccc(NC(=O)C3(c4cccc(F)c4F)CC3)cc2-c2nnn[nH]2)cc1OC. The number of hydrogen-bond donors (Lipinski definition) is 2. The average molecular weight is 477 g/mol. The number of aromatic amines is 1. The lowest BCUT2D eigenvalue weighted by Gasteiger charge is -2.18. The van der Waals surface area contributed by atoms with Gasteiger partial charge in [-0.05, 0) is 64.7 Å². The number of aromatic nitrogens is 4. The normalized spacial score (nSPS) is 13.8. The lowest BCUT2D eigenvalue weighted by atomic mass is 9.93. The van der Waals surface area contributed by atoms with Gasteiger partial charge in [0, 0.05) is 16.8 Å². The number of carbonyl (C=O) groups excluding carboxylic acids is 1. The lowest BCUT2D eigenvalue weighted by molar-refractivity contribution is -0.118. The van der Waals surface area contributed by atoms with Gasteiger partial charge in [0.2, 0.25) is 5.91 Å². The number of nitrogens with one attached hydrogen (secondary N) is 2. The number of benzene rings is 3. The second-order valence-corrected chi connectivity index (χ2v) is 8.22. The molecule has 10 heteroatoms. The summed E-state index contributed by atoms with van der Waals surface area (Å²) in [5, 5.41) is 16.9. The number of carbonyl (C=O) groups is 1. The molecule has 0 aliphatic heterocycles. The highest BCUT2D eigenvalue weighted by Gasteiger charge is 2.53. The fourth-order valence-corrected chi connectivity index (χ4v) is 4.21. The molecule has 0 unspecified atom stereocenters. The van der Waals surface area contributed by atoms with Gasteiger partial charge in [-0.1, -0.05) is 24.3 Å². The number of halogens is 2. The van der Waals surface area contributed by atoms with E-state index in [4.69, 9.17) is 9.47 Å². The summed E-state index contributed by atoms with van der Waals surface area (Å²) in [6.07, 6.45) is 0.865. The molecule has 4 aromatic rings. The molecule has 178 valence electrons. The fourth-order valence-electron chi connectivity index (χ4n) is 4.21. The van der Waals surface area contributed by atoms with Crippen LogP contribution in [0.15, 0.2) is 54.6 Å². The van der Waals surface area contributed by atoms with Crippen molar-refractivity contribution in [2.24, 2.45) is 0 Å². The minimum Gasteiger partial charge on any atom is -0.493 e. The van der Waals surface area contributed by atoms with Crippen molar-refractivity contribution in [1.82, 2.24) is 20.6 Å². The second kappa shape index (κ2) is 8.79. The summed E-state index contributed by atoms with van der Waals surface area (Å²) in [6, 6.07) is 14.7. The van der Waals surface area contributed by atoms with E-state index in [2.05, 4.69) is 25.9 Å². The lowest BCUT2D eigenvalue weighted by Crippen LogP contribution is -2.29. The molecule has 1 aromatic heterocycles. The molecule has 0 spiro atoms. The maximum absolute atomic E-state index is 14.4.